The Bertz CT molecular complexity index is 905. The number of hydrogen-bond donors (Lipinski definition) is 2. The molecule has 0 bridgehead atoms. The Morgan fingerprint density at radius 1 is 1.12 bits per heavy atom. The third kappa shape index (κ3) is 7.78. The van der Waals surface area contributed by atoms with E-state index in [0.717, 1.165) is 5.75 Å². The number of amides is 3. The van der Waals surface area contributed by atoms with Gasteiger partial charge >= 0.3 is 0 Å². The molecule has 1 fully saturated rings. The van der Waals surface area contributed by atoms with E-state index in [0.29, 0.717) is 43.9 Å². The number of thioether (sulfide) groups is 1. The van der Waals surface area contributed by atoms with Gasteiger partial charge in [-0.2, -0.15) is 11.8 Å². The number of carbonyl (C=O) groups is 3. The van der Waals surface area contributed by atoms with Crippen molar-refractivity contribution >= 4 is 35.3 Å². The number of para-hydroxylation sites is 1. The predicted octanol–water partition coefficient (Wildman–Crippen LogP) is 2.58. The molecule has 3 rings (SSSR count). The molecule has 1 aromatic carbocycles. The molecule has 0 saturated carbocycles. The Balaban J connectivity index is 1.49. The molecule has 2 heterocycles. The van der Waals surface area contributed by atoms with Gasteiger partial charge in [-0.1, -0.05) is 24.3 Å². The lowest BCUT2D eigenvalue weighted by atomic mass is 9.95. The summed E-state index contributed by atoms with van der Waals surface area (Å²) in [5.74, 6) is 1.19. The average molecular weight is 471 g/mol. The van der Waals surface area contributed by atoms with Crippen LogP contribution in [0.4, 0.5) is 5.82 Å². The van der Waals surface area contributed by atoms with Crippen molar-refractivity contribution in [1.29, 1.82) is 0 Å². The summed E-state index contributed by atoms with van der Waals surface area (Å²) in [6.45, 7) is 0.805. The lowest BCUT2D eigenvalue weighted by Gasteiger charge is -2.34. The molecule has 0 spiro atoms. The van der Waals surface area contributed by atoms with E-state index in [1.807, 2.05) is 30.5 Å². The van der Waals surface area contributed by atoms with E-state index < -0.39 is 6.04 Å². The van der Waals surface area contributed by atoms with E-state index in [1.54, 1.807) is 47.1 Å². The van der Waals surface area contributed by atoms with Gasteiger partial charge < -0.3 is 20.3 Å². The second-order valence-corrected chi connectivity index (χ2v) is 8.79. The van der Waals surface area contributed by atoms with Gasteiger partial charge in [-0.15, -0.1) is 0 Å². The fourth-order valence-electron chi connectivity index (χ4n) is 3.64. The second kappa shape index (κ2) is 12.8. The van der Waals surface area contributed by atoms with Gasteiger partial charge in [0.05, 0.1) is 0 Å². The van der Waals surface area contributed by atoms with Crippen LogP contribution in [-0.4, -0.2) is 65.4 Å². The summed E-state index contributed by atoms with van der Waals surface area (Å²) in [5.41, 5.74) is 0. The van der Waals surface area contributed by atoms with Crippen LogP contribution in [0.2, 0.25) is 0 Å². The lowest BCUT2D eigenvalue weighted by Crippen LogP contribution is -2.52. The van der Waals surface area contributed by atoms with Crippen LogP contribution < -0.4 is 15.4 Å². The van der Waals surface area contributed by atoms with Gasteiger partial charge in [0.2, 0.25) is 11.8 Å². The van der Waals surface area contributed by atoms with Crippen molar-refractivity contribution in [3.05, 3.63) is 54.7 Å². The number of rotatable bonds is 10. The Morgan fingerprint density at radius 3 is 2.52 bits per heavy atom. The molecule has 1 atom stereocenters. The first-order chi connectivity index (χ1) is 16.1. The Labute approximate surface area is 198 Å². The van der Waals surface area contributed by atoms with Gasteiger partial charge in [0.25, 0.3) is 5.91 Å². The second-order valence-electron chi connectivity index (χ2n) is 7.81. The summed E-state index contributed by atoms with van der Waals surface area (Å²) < 4.78 is 5.50. The van der Waals surface area contributed by atoms with Crippen LogP contribution in [0.3, 0.4) is 0 Å². The molecule has 1 aliphatic rings. The third-order valence-electron chi connectivity index (χ3n) is 5.45. The molecule has 1 saturated heterocycles. The summed E-state index contributed by atoms with van der Waals surface area (Å²) >= 11 is 1.62. The van der Waals surface area contributed by atoms with E-state index in [1.165, 1.54) is 0 Å². The molecule has 176 valence electrons. The molecular weight excluding hydrogens is 440 g/mol. The average Bonchev–Trinajstić information content (AvgIpc) is 2.86. The van der Waals surface area contributed by atoms with Crippen LogP contribution in [0, 0.1) is 5.92 Å². The number of hydrogen-bond acceptors (Lipinski definition) is 6. The Morgan fingerprint density at radius 2 is 1.85 bits per heavy atom. The largest absolute Gasteiger partial charge is 0.484 e. The number of benzene rings is 1. The van der Waals surface area contributed by atoms with Crippen LogP contribution in [0.5, 0.6) is 5.75 Å². The summed E-state index contributed by atoms with van der Waals surface area (Å²) in [6, 6.07) is 13.8. The zero-order valence-electron chi connectivity index (χ0n) is 18.7. The van der Waals surface area contributed by atoms with Gasteiger partial charge in [0.1, 0.15) is 17.6 Å². The van der Waals surface area contributed by atoms with Crippen LogP contribution >= 0.6 is 11.8 Å². The Kier molecular flexibility index (Phi) is 9.56. The van der Waals surface area contributed by atoms with Crippen LogP contribution in [0.15, 0.2) is 54.7 Å². The highest BCUT2D eigenvalue weighted by atomic mass is 32.2. The standard InChI is InChI=1S/C24H30N4O4S/c1-33-16-12-20(26-22(29)17-32-19-7-3-2-4-8-19)24(31)28-14-10-18(11-15-28)23(30)27-21-9-5-6-13-25-21/h2-9,13,18,20H,10-12,14-17H2,1H3,(H,26,29)(H,25,27,30). The number of pyridine rings is 1. The maximum Gasteiger partial charge on any atom is 0.258 e. The summed E-state index contributed by atoms with van der Waals surface area (Å²) in [4.78, 5) is 43.9. The molecule has 2 N–H and O–H groups in total. The van der Waals surface area contributed by atoms with E-state index in [-0.39, 0.29) is 30.2 Å². The molecule has 0 aliphatic carbocycles. The highest BCUT2D eigenvalue weighted by Gasteiger charge is 2.31. The van der Waals surface area contributed by atoms with E-state index in [9.17, 15) is 14.4 Å². The first-order valence-electron chi connectivity index (χ1n) is 11.0. The maximum absolute atomic E-state index is 13.1. The normalized spacial score (nSPS) is 14.9. The minimum atomic E-state index is -0.608. The summed E-state index contributed by atoms with van der Waals surface area (Å²) in [7, 11) is 0. The molecule has 8 nitrogen and oxygen atoms in total. The smallest absolute Gasteiger partial charge is 0.258 e. The topological polar surface area (TPSA) is 101 Å². The van der Waals surface area contributed by atoms with Crippen molar-refractivity contribution in [3.63, 3.8) is 0 Å². The number of likely N-dealkylation sites (tertiary alicyclic amines) is 1. The summed E-state index contributed by atoms with van der Waals surface area (Å²) in [5, 5.41) is 5.66. The van der Waals surface area contributed by atoms with Crippen molar-refractivity contribution < 1.29 is 19.1 Å². The van der Waals surface area contributed by atoms with Crippen molar-refractivity contribution in [1.82, 2.24) is 15.2 Å². The number of nitrogens with zero attached hydrogens (tertiary/aromatic N) is 2. The molecule has 3 amide bonds. The molecule has 2 aromatic rings. The number of carbonyl (C=O) groups excluding carboxylic acids is 3. The number of aromatic nitrogens is 1. The maximum atomic E-state index is 13.1. The molecular formula is C24H30N4O4S. The zero-order chi connectivity index (χ0) is 23.5. The highest BCUT2D eigenvalue weighted by Crippen LogP contribution is 2.20. The fraction of sp³-hybridized carbons (Fsp3) is 0.417. The van der Waals surface area contributed by atoms with Gasteiger partial charge in [-0.3, -0.25) is 14.4 Å². The van der Waals surface area contributed by atoms with E-state index in [2.05, 4.69) is 15.6 Å². The van der Waals surface area contributed by atoms with Gasteiger partial charge in [0, 0.05) is 25.2 Å². The molecule has 1 aliphatic heterocycles. The van der Waals surface area contributed by atoms with Gasteiger partial charge in [-0.05, 0) is 55.5 Å². The summed E-state index contributed by atoms with van der Waals surface area (Å²) in [6.07, 6.45) is 5.28. The van der Waals surface area contributed by atoms with Crippen LogP contribution in [0.25, 0.3) is 0 Å². The molecule has 1 unspecified atom stereocenters. The first kappa shape index (κ1) is 24.6. The van der Waals surface area contributed by atoms with Crippen LogP contribution in [0.1, 0.15) is 19.3 Å². The quantitative estimate of drug-likeness (QED) is 0.554. The number of ether oxygens (including phenoxy) is 1. The van der Waals surface area contributed by atoms with E-state index in [4.69, 9.17) is 4.74 Å². The predicted molar refractivity (Wildman–Crippen MR) is 129 cm³/mol. The van der Waals surface area contributed by atoms with Crippen molar-refractivity contribution in [3.8, 4) is 5.75 Å². The van der Waals surface area contributed by atoms with Gasteiger partial charge in [0.15, 0.2) is 6.61 Å². The van der Waals surface area contributed by atoms with Crippen LogP contribution in [-0.2, 0) is 14.4 Å². The Hall–Kier alpha value is -3.07. The van der Waals surface area contributed by atoms with Crippen molar-refractivity contribution in [2.45, 2.75) is 25.3 Å². The lowest BCUT2D eigenvalue weighted by molar-refractivity contribution is -0.139. The molecule has 33 heavy (non-hydrogen) atoms. The molecule has 9 heteroatoms. The SMILES string of the molecule is CSCCC(NC(=O)COc1ccccc1)C(=O)N1CCC(C(=O)Nc2ccccn2)CC1. The minimum Gasteiger partial charge on any atom is -0.484 e. The van der Waals surface area contributed by atoms with Crippen molar-refractivity contribution in [2.24, 2.45) is 5.92 Å². The zero-order valence-corrected chi connectivity index (χ0v) is 19.6. The minimum absolute atomic E-state index is 0.0777. The first-order valence-corrected chi connectivity index (χ1v) is 12.4. The third-order valence-corrected chi connectivity index (χ3v) is 6.09. The highest BCUT2D eigenvalue weighted by molar-refractivity contribution is 7.98. The number of piperidine rings is 1. The molecule has 1 aromatic heterocycles. The van der Waals surface area contributed by atoms with Crippen molar-refractivity contribution in [2.75, 3.05) is 37.0 Å². The monoisotopic (exact) mass is 470 g/mol. The number of nitrogens with one attached hydrogen (secondary N) is 2. The molecule has 0 radical (unpaired) electrons. The fourth-order valence-corrected chi connectivity index (χ4v) is 4.11. The number of anilines is 1. The van der Waals surface area contributed by atoms with Gasteiger partial charge in [-0.25, -0.2) is 4.98 Å². The van der Waals surface area contributed by atoms with E-state index >= 15 is 0 Å².